The Bertz CT molecular complexity index is 1350. The summed E-state index contributed by atoms with van der Waals surface area (Å²) in [5.41, 5.74) is 6.23. The second-order valence-electron chi connectivity index (χ2n) is 8.21. The lowest BCUT2D eigenvalue weighted by Gasteiger charge is -2.34. The van der Waals surface area contributed by atoms with Crippen LogP contribution in [0.1, 0.15) is 26.7 Å². The summed E-state index contributed by atoms with van der Waals surface area (Å²) in [5.74, 6) is 1.93. The number of ether oxygens (including phenoxy) is 2. The minimum absolute atomic E-state index is 0.290. The van der Waals surface area contributed by atoms with E-state index in [0.29, 0.717) is 0 Å². The lowest BCUT2D eigenvalue weighted by molar-refractivity contribution is -0.645. The normalized spacial score (nSPS) is 12.3. The summed E-state index contributed by atoms with van der Waals surface area (Å²) in [4.78, 5) is 2.35. The van der Waals surface area contributed by atoms with Crippen LogP contribution in [0.2, 0.25) is 0 Å². The van der Waals surface area contributed by atoms with E-state index in [9.17, 15) is 5.11 Å². The Kier molecular flexibility index (Phi) is 5.04. The van der Waals surface area contributed by atoms with Crippen LogP contribution in [0.3, 0.4) is 0 Å². The van der Waals surface area contributed by atoms with Crippen LogP contribution in [-0.2, 0) is 6.54 Å². The van der Waals surface area contributed by atoms with Crippen LogP contribution in [0.4, 0.5) is 11.4 Å². The number of nitrogens with zero attached hydrogens (tertiary/aromatic N) is 2. The molecule has 3 aromatic carbocycles. The summed E-state index contributed by atoms with van der Waals surface area (Å²) >= 11 is 0. The molecule has 5 nitrogen and oxygen atoms in total. The zero-order valence-electron chi connectivity index (χ0n) is 19.1. The largest absolute Gasteiger partial charge is 0.502 e. The van der Waals surface area contributed by atoms with E-state index in [-0.39, 0.29) is 5.75 Å². The second-order valence-corrected chi connectivity index (χ2v) is 8.21. The van der Waals surface area contributed by atoms with Gasteiger partial charge in [-0.25, -0.2) is 0 Å². The van der Waals surface area contributed by atoms with E-state index in [1.165, 1.54) is 0 Å². The molecule has 0 amide bonds. The van der Waals surface area contributed by atoms with Gasteiger partial charge in [0, 0.05) is 30.2 Å². The molecule has 164 valence electrons. The van der Waals surface area contributed by atoms with E-state index in [1.807, 2.05) is 36.4 Å². The molecular weight excluding hydrogens is 400 g/mol. The zero-order chi connectivity index (χ0) is 22.4. The summed E-state index contributed by atoms with van der Waals surface area (Å²) < 4.78 is 14.0. The van der Waals surface area contributed by atoms with Crippen molar-refractivity contribution in [3.05, 3.63) is 48.5 Å². The molecule has 1 aromatic heterocycles. The summed E-state index contributed by atoms with van der Waals surface area (Å²) in [5, 5.41) is 13.2. The molecule has 0 aliphatic carbocycles. The standard InChI is InChI=1S/C27H28N2O3/c1-5-15-28-17-9-7-11-21(31-3)23(17)26-24-18(10-8-12-22(24)32-4)29(16-6-2)27-20(30)14-13-19(28)25(26)27/h7-14H,5-6,15-16H2,1-4H3/p+1. The summed E-state index contributed by atoms with van der Waals surface area (Å²) in [7, 11) is 3.43. The number of aromatic hydroxyl groups is 1. The lowest BCUT2D eigenvalue weighted by Crippen LogP contribution is -2.37. The Morgan fingerprint density at radius 3 is 2.28 bits per heavy atom. The fourth-order valence-electron chi connectivity index (χ4n) is 5.19. The maximum Gasteiger partial charge on any atom is 0.257 e. The monoisotopic (exact) mass is 429 g/mol. The molecule has 0 atom stereocenters. The van der Waals surface area contributed by atoms with Crippen molar-refractivity contribution < 1.29 is 19.1 Å². The first-order chi connectivity index (χ1) is 15.7. The molecule has 1 N–H and O–H groups in total. The van der Waals surface area contributed by atoms with Crippen molar-refractivity contribution in [2.75, 3.05) is 25.7 Å². The van der Waals surface area contributed by atoms with Gasteiger partial charge in [0.05, 0.1) is 36.4 Å². The fraction of sp³-hybridized carbons (Fsp3) is 0.296. The highest BCUT2D eigenvalue weighted by atomic mass is 16.5. The van der Waals surface area contributed by atoms with E-state index < -0.39 is 0 Å². The number of phenolic OH excluding ortho intramolecular Hbond substituents is 1. The molecule has 32 heavy (non-hydrogen) atoms. The molecule has 0 saturated heterocycles. The van der Waals surface area contributed by atoms with Crippen molar-refractivity contribution in [1.82, 2.24) is 0 Å². The maximum absolute atomic E-state index is 11.1. The predicted octanol–water partition coefficient (Wildman–Crippen LogP) is 5.94. The first kappa shape index (κ1) is 20.4. The molecule has 0 fully saturated rings. The van der Waals surface area contributed by atoms with Gasteiger partial charge < -0.3 is 19.5 Å². The Morgan fingerprint density at radius 1 is 0.812 bits per heavy atom. The molecule has 0 radical (unpaired) electrons. The fourth-order valence-corrected chi connectivity index (χ4v) is 5.19. The van der Waals surface area contributed by atoms with Crippen molar-refractivity contribution in [1.29, 1.82) is 0 Å². The van der Waals surface area contributed by atoms with E-state index in [0.717, 1.165) is 81.7 Å². The average molecular weight is 430 g/mol. The smallest absolute Gasteiger partial charge is 0.257 e. The molecular formula is C27H29N2O3+. The second kappa shape index (κ2) is 7.90. The van der Waals surface area contributed by atoms with E-state index >= 15 is 0 Å². The number of hydrogen-bond acceptors (Lipinski definition) is 4. The van der Waals surface area contributed by atoms with Crippen LogP contribution in [-0.4, -0.2) is 25.9 Å². The van der Waals surface area contributed by atoms with E-state index in [4.69, 9.17) is 9.47 Å². The minimum Gasteiger partial charge on any atom is -0.502 e. The maximum atomic E-state index is 11.1. The lowest BCUT2D eigenvalue weighted by atomic mass is 9.88. The number of pyridine rings is 1. The number of fused-ring (bicyclic) bond motifs is 4. The van der Waals surface area contributed by atoms with Gasteiger partial charge in [0.1, 0.15) is 18.0 Å². The van der Waals surface area contributed by atoms with Gasteiger partial charge in [-0.05, 0) is 36.8 Å². The van der Waals surface area contributed by atoms with Crippen LogP contribution in [0.5, 0.6) is 17.2 Å². The Balaban J connectivity index is 2.11. The third-order valence-corrected chi connectivity index (χ3v) is 6.37. The van der Waals surface area contributed by atoms with Crippen molar-refractivity contribution in [3.63, 3.8) is 0 Å². The van der Waals surface area contributed by atoms with Crippen LogP contribution in [0.15, 0.2) is 48.5 Å². The van der Waals surface area contributed by atoms with Gasteiger partial charge >= 0.3 is 0 Å². The molecule has 1 aliphatic heterocycles. The highest BCUT2D eigenvalue weighted by Gasteiger charge is 2.35. The third kappa shape index (κ3) is 2.73. The molecule has 0 spiro atoms. The van der Waals surface area contributed by atoms with E-state index in [1.54, 1.807) is 14.2 Å². The van der Waals surface area contributed by atoms with Crippen molar-refractivity contribution in [2.24, 2.45) is 0 Å². The molecule has 4 aromatic rings. The average Bonchev–Trinajstić information content (AvgIpc) is 2.82. The molecule has 5 heteroatoms. The quantitative estimate of drug-likeness (QED) is 0.304. The number of aromatic nitrogens is 1. The Labute approximate surface area is 188 Å². The van der Waals surface area contributed by atoms with Gasteiger partial charge in [-0.1, -0.05) is 26.0 Å². The summed E-state index contributed by atoms with van der Waals surface area (Å²) in [6, 6.07) is 16.2. The van der Waals surface area contributed by atoms with Crippen molar-refractivity contribution in [3.8, 4) is 28.4 Å². The Hall–Kier alpha value is -3.47. The van der Waals surface area contributed by atoms with E-state index in [2.05, 4.69) is 35.4 Å². The number of aryl methyl sites for hydroxylation is 1. The highest BCUT2D eigenvalue weighted by molar-refractivity contribution is 6.20. The SMILES string of the molecule is CCCN1c2cccc(OC)c2-c2c3c(OC)cccc3[n+](CCC)c3c(O)ccc1c23. The number of methoxy groups -OCH3 is 2. The van der Waals surface area contributed by atoms with Gasteiger partial charge in [-0.2, -0.15) is 4.57 Å². The van der Waals surface area contributed by atoms with Gasteiger partial charge in [0.15, 0.2) is 5.75 Å². The third-order valence-electron chi connectivity index (χ3n) is 6.37. The molecule has 0 bridgehead atoms. The molecule has 0 saturated carbocycles. The molecule has 5 rings (SSSR count). The number of anilines is 2. The van der Waals surface area contributed by atoms with Crippen molar-refractivity contribution in [2.45, 2.75) is 33.2 Å². The number of phenols is 1. The van der Waals surface area contributed by atoms with Gasteiger partial charge in [0.2, 0.25) is 5.52 Å². The number of rotatable bonds is 6. The minimum atomic E-state index is 0.290. The van der Waals surface area contributed by atoms with Gasteiger partial charge in [0.25, 0.3) is 5.52 Å². The Morgan fingerprint density at radius 2 is 1.56 bits per heavy atom. The zero-order valence-corrected chi connectivity index (χ0v) is 19.1. The van der Waals surface area contributed by atoms with Crippen LogP contribution >= 0.6 is 0 Å². The molecule has 1 aliphatic rings. The van der Waals surface area contributed by atoms with Crippen molar-refractivity contribution >= 4 is 33.2 Å². The molecule has 0 unspecified atom stereocenters. The predicted molar refractivity (Wildman–Crippen MR) is 129 cm³/mol. The first-order valence-corrected chi connectivity index (χ1v) is 11.3. The molecule has 2 heterocycles. The van der Waals surface area contributed by atoms with Gasteiger partial charge in [-0.15, -0.1) is 0 Å². The topological polar surface area (TPSA) is 45.8 Å². The van der Waals surface area contributed by atoms with Crippen LogP contribution in [0.25, 0.3) is 32.9 Å². The number of benzene rings is 3. The first-order valence-electron chi connectivity index (χ1n) is 11.3. The highest BCUT2D eigenvalue weighted by Crippen LogP contribution is 2.55. The summed E-state index contributed by atoms with van der Waals surface area (Å²) in [6.07, 6.45) is 1.95. The number of hydrogen-bond donors (Lipinski definition) is 1. The summed E-state index contributed by atoms with van der Waals surface area (Å²) in [6.45, 7) is 6.02. The van der Waals surface area contributed by atoms with Crippen LogP contribution in [0, 0.1) is 0 Å². The van der Waals surface area contributed by atoms with Crippen LogP contribution < -0.4 is 18.9 Å². The van der Waals surface area contributed by atoms with Gasteiger partial charge in [-0.3, -0.25) is 0 Å².